The predicted molar refractivity (Wildman–Crippen MR) is 158 cm³/mol. The zero-order chi connectivity index (χ0) is 27.5. The number of unbranched alkanes of at least 4 members (excludes halogenated alkanes) is 6. The summed E-state index contributed by atoms with van der Waals surface area (Å²) in [6.07, 6.45) is 9.27. The molecule has 3 aromatic carbocycles. The monoisotopic (exact) mass is 541 g/mol. The van der Waals surface area contributed by atoms with Crippen LogP contribution in [0.4, 0.5) is 0 Å². The van der Waals surface area contributed by atoms with Crippen molar-refractivity contribution in [3.8, 4) is 0 Å². The van der Waals surface area contributed by atoms with Gasteiger partial charge >= 0.3 is 5.97 Å². The molecule has 0 radical (unpaired) electrons. The first-order valence-electron chi connectivity index (χ1n) is 13.7. The van der Waals surface area contributed by atoms with E-state index in [0.29, 0.717) is 16.9 Å². The fraction of sp³-hybridized carbons (Fsp3) is 0.303. The van der Waals surface area contributed by atoms with Gasteiger partial charge in [0.05, 0.1) is 5.71 Å². The molecule has 4 aromatic rings. The second-order valence-corrected chi connectivity index (χ2v) is 10.8. The van der Waals surface area contributed by atoms with E-state index >= 15 is 0 Å². The van der Waals surface area contributed by atoms with E-state index in [0.717, 1.165) is 45.7 Å². The van der Waals surface area contributed by atoms with Crippen LogP contribution in [0.15, 0.2) is 98.2 Å². The highest BCUT2D eigenvalue weighted by atomic mass is 32.2. The average molecular weight is 542 g/mol. The average Bonchev–Trinajstić information content (AvgIpc) is 3.39. The third-order valence-electron chi connectivity index (χ3n) is 6.49. The maximum absolute atomic E-state index is 12.9. The van der Waals surface area contributed by atoms with E-state index in [1.807, 2.05) is 72.8 Å². The van der Waals surface area contributed by atoms with Crippen molar-refractivity contribution in [1.82, 2.24) is 0 Å². The van der Waals surface area contributed by atoms with Gasteiger partial charge < -0.3 is 9.25 Å². The van der Waals surface area contributed by atoms with Crippen LogP contribution in [0.1, 0.15) is 86.9 Å². The number of hydrogen-bond acceptors (Lipinski definition) is 6. The van der Waals surface area contributed by atoms with Gasteiger partial charge in [-0.05, 0) is 66.9 Å². The zero-order valence-electron chi connectivity index (χ0n) is 22.7. The molecule has 6 heteroatoms. The van der Waals surface area contributed by atoms with Crippen LogP contribution in [0.25, 0.3) is 11.0 Å². The zero-order valence-corrected chi connectivity index (χ0v) is 23.5. The van der Waals surface area contributed by atoms with Crippen LogP contribution in [-0.2, 0) is 9.63 Å². The lowest BCUT2D eigenvalue weighted by atomic mass is 10.0. The van der Waals surface area contributed by atoms with Crippen molar-refractivity contribution < 1.29 is 18.8 Å². The Kier molecular flexibility index (Phi) is 10.5. The molecule has 39 heavy (non-hydrogen) atoms. The number of carbonyl (C=O) groups is 2. The summed E-state index contributed by atoms with van der Waals surface area (Å²) in [5.41, 5.74) is 3.05. The van der Waals surface area contributed by atoms with Crippen molar-refractivity contribution in [2.45, 2.75) is 75.0 Å². The van der Waals surface area contributed by atoms with Crippen LogP contribution in [0, 0.1) is 0 Å². The van der Waals surface area contributed by atoms with Gasteiger partial charge in [0, 0.05) is 27.7 Å². The van der Waals surface area contributed by atoms with E-state index in [-0.39, 0.29) is 5.78 Å². The maximum Gasteiger partial charge on any atom is 0.331 e. The predicted octanol–water partition coefficient (Wildman–Crippen LogP) is 9.22. The summed E-state index contributed by atoms with van der Waals surface area (Å²) < 4.78 is 5.73. The topological polar surface area (TPSA) is 68.9 Å². The summed E-state index contributed by atoms with van der Waals surface area (Å²) in [5, 5.41) is 5.06. The number of para-hydroxylation sites is 1. The van der Waals surface area contributed by atoms with Crippen molar-refractivity contribution in [1.29, 1.82) is 0 Å². The molecule has 0 saturated heterocycles. The summed E-state index contributed by atoms with van der Waals surface area (Å²) in [6.45, 7) is 3.59. The van der Waals surface area contributed by atoms with Gasteiger partial charge in [0.15, 0.2) is 5.76 Å². The number of carbonyl (C=O) groups excluding carboxylic acids is 2. The van der Waals surface area contributed by atoms with Gasteiger partial charge in [-0.15, -0.1) is 0 Å². The van der Waals surface area contributed by atoms with Crippen molar-refractivity contribution in [2.24, 2.45) is 5.16 Å². The van der Waals surface area contributed by atoms with Gasteiger partial charge in [0.25, 0.3) is 0 Å². The van der Waals surface area contributed by atoms with E-state index in [9.17, 15) is 9.59 Å². The van der Waals surface area contributed by atoms with Crippen LogP contribution in [0.2, 0.25) is 0 Å². The van der Waals surface area contributed by atoms with Gasteiger partial charge in [-0.1, -0.05) is 92.7 Å². The smallest absolute Gasteiger partial charge is 0.331 e. The van der Waals surface area contributed by atoms with Crippen molar-refractivity contribution >= 4 is 40.2 Å². The Morgan fingerprint density at radius 2 is 1.41 bits per heavy atom. The molecule has 5 nitrogen and oxygen atoms in total. The molecule has 0 fully saturated rings. The molecule has 1 aromatic heterocycles. The van der Waals surface area contributed by atoms with Crippen molar-refractivity contribution in [2.75, 3.05) is 0 Å². The Bertz CT molecular complexity index is 1370. The highest BCUT2D eigenvalue weighted by Gasteiger charge is 2.15. The normalized spacial score (nSPS) is 11.6. The largest absolute Gasteiger partial charge is 0.453 e. The van der Waals surface area contributed by atoms with Crippen LogP contribution in [0.5, 0.6) is 0 Å². The molecule has 0 unspecified atom stereocenters. The van der Waals surface area contributed by atoms with Crippen molar-refractivity contribution in [3.05, 3.63) is 95.7 Å². The fourth-order valence-electron chi connectivity index (χ4n) is 4.37. The number of furan rings is 1. The highest BCUT2D eigenvalue weighted by Crippen LogP contribution is 2.29. The molecule has 0 aliphatic heterocycles. The minimum Gasteiger partial charge on any atom is -0.453 e. The van der Waals surface area contributed by atoms with Gasteiger partial charge in [0.1, 0.15) is 5.58 Å². The van der Waals surface area contributed by atoms with Crippen LogP contribution < -0.4 is 0 Å². The van der Waals surface area contributed by atoms with Gasteiger partial charge in [-0.2, -0.15) is 0 Å². The van der Waals surface area contributed by atoms with Crippen LogP contribution in [-0.4, -0.2) is 17.5 Å². The first-order chi connectivity index (χ1) is 19.0. The van der Waals surface area contributed by atoms with E-state index in [1.54, 1.807) is 17.8 Å². The molecule has 0 saturated carbocycles. The third-order valence-corrected chi connectivity index (χ3v) is 7.51. The Morgan fingerprint density at radius 3 is 2.05 bits per heavy atom. The first-order valence-corrected chi connectivity index (χ1v) is 14.5. The second kappa shape index (κ2) is 14.5. The molecular formula is C33H35NO4S. The van der Waals surface area contributed by atoms with Gasteiger partial charge in [0.2, 0.25) is 5.78 Å². The molecular weight excluding hydrogens is 506 g/mol. The molecule has 0 bridgehead atoms. The fourth-order valence-corrected chi connectivity index (χ4v) is 5.19. The lowest BCUT2D eigenvalue weighted by Gasteiger charge is -2.08. The molecule has 0 spiro atoms. The quantitative estimate of drug-likeness (QED) is 0.0523. The third kappa shape index (κ3) is 8.42. The summed E-state index contributed by atoms with van der Waals surface area (Å²) in [7, 11) is 0. The number of nitrogens with zero attached hydrogens (tertiary/aromatic N) is 1. The van der Waals surface area contributed by atoms with Crippen LogP contribution in [0.3, 0.4) is 0 Å². The molecule has 0 N–H and O–H groups in total. The first kappa shape index (κ1) is 28.4. The Labute approximate surface area is 234 Å². The van der Waals surface area contributed by atoms with E-state index < -0.39 is 5.97 Å². The lowest BCUT2D eigenvalue weighted by Crippen LogP contribution is -2.04. The minimum atomic E-state index is -0.415. The molecule has 202 valence electrons. The number of benzene rings is 3. The van der Waals surface area contributed by atoms with Crippen molar-refractivity contribution in [3.63, 3.8) is 0 Å². The number of oxime groups is 1. The molecule has 1 heterocycles. The number of hydrogen-bond donors (Lipinski definition) is 0. The maximum atomic E-state index is 12.9. The van der Waals surface area contributed by atoms with Gasteiger partial charge in [-0.3, -0.25) is 4.79 Å². The summed E-state index contributed by atoms with van der Waals surface area (Å²) in [6, 6.07) is 25.1. The van der Waals surface area contributed by atoms with E-state index in [4.69, 9.17) is 9.25 Å². The number of fused-ring (bicyclic) bond motifs is 1. The Hall–Kier alpha value is -3.64. The summed E-state index contributed by atoms with van der Waals surface area (Å²) >= 11 is 1.62. The lowest BCUT2D eigenvalue weighted by molar-refractivity contribution is -0.140. The SMILES string of the molecule is CCCCCCCCCC(=NOC(C)=O)c1ccc(Sc2ccc(C(=O)c3cc4ccccc4o3)cc2)cc1. The number of ketones is 1. The molecule has 0 aliphatic rings. The molecule has 0 atom stereocenters. The second-order valence-electron chi connectivity index (χ2n) is 9.62. The minimum absolute atomic E-state index is 0.132. The van der Waals surface area contributed by atoms with Gasteiger partial charge in [-0.25, -0.2) is 4.79 Å². The molecule has 0 amide bonds. The van der Waals surface area contributed by atoms with E-state index in [2.05, 4.69) is 12.1 Å². The Morgan fingerprint density at radius 1 is 0.795 bits per heavy atom. The standard InChI is InChI=1S/C33H35NO4S/c1-3-4-5-6-7-8-9-13-30(34-38-24(2)35)25-15-19-28(20-16-25)39-29-21-17-26(18-22-29)33(36)32-23-27-12-10-11-14-31(27)37-32/h10-12,14-23H,3-9,13H2,1-2H3. The van der Waals surface area contributed by atoms with E-state index in [1.165, 1.54) is 39.0 Å². The highest BCUT2D eigenvalue weighted by molar-refractivity contribution is 7.99. The Balaban J connectivity index is 1.35. The molecule has 0 aliphatic carbocycles. The summed E-state index contributed by atoms with van der Waals surface area (Å²) in [4.78, 5) is 31.3. The molecule has 4 rings (SSSR count). The summed E-state index contributed by atoms with van der Waals surface area (Å²) in [5.74, 6) is -0.205. The number of rotatable bonds is 14. The van der Waals surface area contributed by atoms with Crippen LogP contribution >= 0.6 is 11.8 Å².